The fraction of sp³-hybridized carbons (Fsp3) is 0.118. The highest BCUT2D eigenvalue weighted by Gasteiger charge is 2.30. The first-order valence-corrected chi connectivity index (χ1v) is 9.48. The zero-order valence-electron chi connectivity index (χ0n) is 13.4. The zero-order chi connectivity index (χ0) is 19.0. The molecule has 0 aliphatic carbocycles. The number of aromatic nitrogens is 3. The summed E-state index contributed by atoms with van der Waals surface area (Å²) in [5.74, 6) is 1.29. The number of nitrogens with zero attached hydrogens (tertiary/aromatic N) is 2. The minimum atomic E-state index is -4.42. The van der Waals surface area contributed by atoms with Gasteiger partial charge in [0.25, 0.3) is 5.56 Å². The molecular weight excluding hydrogens is 399 g/mol. The van der Waals surface area contributed by atoms with Gasteiger partial charge in [-0.05, 0) is 24.3 Å². The van der Waals surface area contributed by atoms with Crippen molar-refractivity contribution in [3.8, 4) is 11.3 Å². The highest BCUT2D eigenvalue weighted by atomic mass is 32.2. The van der Waals surface area contributed by atoms with Gasteiger partial charge in [0.15, 0.2) is 0 Å². The summed E-state index contributed by atoms with van der Waals surface area (Å²) in [6.07, 6.45) is -2.10. The number of furan rings is 1. The van der Waals surface area contributed by atoms with E-state index < -0.39 is 11.7 Å². The van der Waals surface area contributed by atoms with E-state index in [0.717, 1.165) is 12.3 Å². The third-order valence-electron chi connectivity index (χ3n) is 3.70. The van der Waals surface area contributed by atoms with E-state index in [9.17, 15) is 18.0 Å². The average molecular weight is 409 g/mol. The van der Waals surface area contributed by atoms with Gasteiger partial charge in [-0.25, -0.2) is 9.97 Å². The summed E-state index contributed by atoms with van der Waals surface area (Å²) in [5, 5.41) is 2.67. The highest BCUT2D eigenvalue weighted by molar-refractivity contribution is 7.98. The van der Waals surface area contributed by atoms with Crippen LogP contribution in [0.25, 0.3) is 21.5 Å². The lowest BCUT2D eigenvalue weighted by atomic mass is 10.2. The van der Waals surface area contributed by atoms with Gasteiger partial charge in [0.05, 0.1) is 28.0 Å². The van der Waals surface area contributed by atoms with Gasteiger partial charge in [0.2, 0.25) is 0 Å². The van der Waals surface area contributed by atoms with E-state index in [1.54, 1.807) is 17.5 Å². The Labute approximate surface area is 158 Å². The first kappa shape index (κ1) is 17.8. The van der Waals surface area contributed by atoms with E-state index in [1.165, 1.54) is 35.4 Å². The van der Waals surface area contributed by atoms with E-state index >= 15 is 0 Å². The molecule has 0 atom stereocenters. The number of thioether (sulfide) groups is 1. The van der Waals surface area contributed by atoms with Crippen molar-refractivity contribution in [3.05, 3.63) is 63.8 Å². The first-order valence-electron chi connectivity index (χ1n) is 7.62. The van der Waals surface area contributed by atoms with Crippen molar-refractivity contribution in [2.75, 3.05) is 0 Å². The Kier molecular flexibility index (Phi) is 4.52. The van der Waals surface area contributed by atoms with Gasteiger partial charge in [-0.15, -0.1) is 11.3 Å². The molecule has 0 aliphatic rings. The smallest absolute Gasteiger partial charge is 0.417 e. The van der Waals surface area contributed by atoms with Crippen LogP contribution in [-0.2, 0) is 11.9 Å². The Bertz CT molecular complexity index is 1130. The summed E-state index contributed by atoms with van der Waals surface area (Å²) in [6, 6.07) is 5.78. The van der Waals surface area contributed by atoms with Crippen molar-refractivity contribution in [2.45, 2.75) is 17.0 Å². The van der Waals surface area contributed by atoms with E-state index in [0.29, 0.717) is 32.4 Å². The number of H-pyrrole nitrogens is 1. The Morgan fingerprint density at radius 1 is 1.26 bits per heavy atom. The van der Waals surface area contributed by atoms with E-state index in [1.807, 2.05) is 0 Å². The van der Waals surface area contributed by atoms with Gasteiger partial charge in [0, 0.05) is 17.1 Å². The summed E-state index contributed by atoms with van der Waals surface area (Å²) in [4.78, 5) is 24.0. The number of halogens is 3. The lowest BCUT2D eigenvalue weighted by Gasteiger charge is -2.06. The molecule has 0 radical (unpaired) electrons. The number of fused-ring (bicyclic) bond motifs is 1. The molecule has 4 aromatic rings. The van der Waals surface area contributed by atoms with Gasteiger partial charge in [-0.2, -0.15) is 13.2 Å². The van der Waals surface area contributed by atoms with Crippen molar-refractivity contribution in [3.63, 3.8) is 0 Å². The molecule has 4 rings (SSSR count). The fourth-order valence-electron chi connectivity index (χ4n) is 2.45. The van der Waals surface area contributed by atoms with Crippen molar-refractivity contribution < 1.29 is 17.6 Å². The lowest BCUT2D eigenvalue weighted by Crippen LogP contribution is -2.10. The number of hydrogen-bond donors (Lipinski definition) is 1. The van der Waals surface area contributed by atoms with Crippen LogP contribution in [-0.4, -0.2) is 15.0 Å². The molecule has 0 aliphatic heterocycles. The quantitative estimate of drug-likeness (QED) is 0.483. The number of alkyl halides is 3. The third-order valence-corrected chi connectivity index (χ3v) is 5.53. The molecule has 0 saturated heterocycles. The van der Waals surface area contributed by atoms with Gasteiger partial charge in [0.1, 0.15) is 16.4 Å². The Hall–Kier alpha value is -2.59. The molecule has 0 bridgehead atoms. The fourth-order valence-corrected chi connectivity index (χ4v) is 4.11. The minimum Gasteiger partial charge on any atom is -0.464 e. The molecule has 138 valence electrons. The van der Waals surface area contributed by atoms with Crippen LogP contribution in [0.2, 0.25) is 0 Å². The largest absolute Gasteiger partial charge is 0.464 e. The maximum atomic E-state index is 12.6. The topological polar surface area (TPSA) is 71.8 Å². The van der Waals surface area contributed by atoms with E-state index in [4.69, 9.17) is 4.42 Å². The molecule has 0 fully saturated rings. The first-order chi connectivity index (χ1) is 12.9. The SMILES string of the molecule is O=c1[nH]c(CSc2ccc(C(F)(F)F)cn2)nc2scc(-c3ccco3)c12. The molecule has 10 heteroatoms. The van der Waals surface area contributed by atoms with Crippen molar-refractivity contribution in [1.82, 2.24) is 15.0 Å². The molecule has 4 heterocycles. The van der Waals surface area contributed by atoms with E-state index in [-0.39, 0.29) is 11.3 Å². The maximum Gasteiger partial charge on any atom is 0.417 e. The number of aromatic amines is 1. The van der Waals surface area contributed by atoms with Gasteiger partial charge in [-0.1, -0.05) is 11.8 Å². The van der Waals surface area contributed by atoms with Gasteiger partial charge < -0.3 is 9.40 Å². The van der Waals surface area contributed by atoms with Crippen molar-refractivity contribution >= 4 is 33.3 Å². The minimum absolute atomic E-state index is 0.275. The predicted molar refractivity (Wildman–Crippen MR) is 96.7 cm³/mol. The van der Waals surface area contributed by atoms with Crippen LogP contribution in [0.1, 0.15) is 11.4 Å². The summed E-state index contributed by atoms with van der Waals surface area (Å²) in [6.45, 7) is 0. The zero-order valence-corrected chi connectivity index (χ0v) is 15.0. The molecule has 27 heavy (non-hydrogen) atoms. The standard InChI is InChI=1S/C17H10F3N3O2S2/c18-17(19,20)9-3-4-13(21-6-9)26-8-12-22-15(24)14-10(7-27-16(14)23-12)11-2-1-5-25-11/h1-7H,8H2,(H,22,23,24). The predicted octanol–water partition coefficient (Wildman–Crippen LogP) is 4.95. The summed E-state index contributed by atoms with van der Waals surface area (Å²) >= 11 is 2.52. The van der Waals surface area contributed by atoms with Crippen molar-refractivity contribution in [2.24, 2.45) is 0 Å². The Morgan fingerprint density at radius 2 is 2.11 bits per heavy atom. The van der Waals surface area contributed by atoms with E-state index in [2.05, 4.69) is 15.0 Å². The Morgan fingerprint density at radius 3 is 2.78 bits per heavy atom. The lowest BCUT2D eigenvalue weighted by molar-refractivity contribution is -0.137. The monoisotopic (exact) mass is 409 g/mol. The molecular formula is C17H10F3N3O2S2. The third kappa shape index (κ3) is 3.62. The number of nitrogens with one attached hydrogen (secondary N) is 1. The molecule has 0 spiro atoms. The maximum absolute atomic E-state index is 12.6. The van der Waals surface area contributed by atoms with Gasteiger partial charge >= 0.3 is 6.18 Å². The van der Waals surface area contributed by atoms with Crippen LogP contribution in [0.5, 0.6) is 0 Å². The summed E-state index contributed by atoms with van der Waals surface area (Å²) in [7, 11) is 0. The summed E-state index contributed by atoms with van der Waals surface area (Å²) < 4.78 is 43.0. The number of pyridine rings is 1. The Balaban J connectivity index is 1.56. The van der Waals surface area contributed by atoms with Gasteiger partial charge in [-0.3, -0.25) is 4.79 Å². The second kappa shape index (κ2) is 6.86. The molecule has 0 saturated carbocycles. The van der Waals surface area contributed by atoms with Crippen LogP contribution >= 0.6 is 23.1 Å². The summed E-state index contributed by atoms with van der Waals surface area (Å²) in [5.41, 5.74) is -0.412. The number of rotatable bonds is 4. The van der Waals surface area contributed by atoms with Crippen molar-refractivity contribution in [1.29, 1.82) is 0 Å². The second-order valence-corrected chi connectivity index (χ2v) is 7.34. The normalized spacial score (nSPS) is 12.0. The molecule has 0 amide bonds. The average Bonchev–Trinajstić information content (AvgIpc) is 3.29. The molecule has 5 nitrogen and oxygen atoms in total. The highest BCUT2D eigenvalue weighted by Crippen LogP contribution is 2.32. The second-order valence-electron chi connectivity index (χ2n) is 5.49. The molecule has 0 aromatic carbocycles. The number of thiophene rings is 1. The molecule has 0 unspecified atom stereocenters. The van der Waals surface area contributed by atoms with Crippen LogP contribution in [0.4, 0.5) is 13.2 Å². The van der Waals surface area contributed by atoms with Crippen LogP contribution < -0.4 is 5.56 Å². The van der Waals surface area contributed by atoms with Crippen LogP contribution in [0.15, 0.2) is 56.3 Å². The molecule has 1 N–H and O–H groups in total. The molecule has 4 aromatic heterocycles. The van der Waals surface area contributed by atoms with Crippen LogP contribution in [0.3, 0.4) is 0 Å². The number of hydrogen-bond acceptors (Lipinski definition) is 6. The van der Waals surface area contributed by atoms with Crippen LogP contribution in [0, 0.1) is 0 Å².